The van der Waals surface area contributed by atoms with Gasteiger partial charge in [-0.25, -0.2) is 8.78 Å². The van der Waals surface area contributed by atoms with Gasteiger partial charge in [-0.05, 0) is 23.8 Å². The van der Waals surface area contributed by atoms with Crippen molar-refractivity contribution < 1.29 is 18.6 Å². The Bertz CT molecular complexity index is 587. The minimum atomic E-state index is -0.968. The summed E-state index contributed by atoms with van der Waals surface area (Å²) in [4.78, 5) is 0. The number of hydrogen-bond acceptors (Lipinski definition) is 3. The maximum atomic E-state index is 13.0. The van der Waals surface area contributed by atoms with E-state index in [-0.39, 0.29) is 12.4 Å². The van der Waals surface area contributed by atoms with E-state index in [0.717, 1.165) is 17.7 Å². The highest BCUT2D eigenvalue weighted by Crippen LogP contribution is 2.15. The second-order valence-electron chi connectivity index (χ2n) is 4.86. The van der Waals surface area contributed by atoms with Crippen LogP contribution in [0, 0.1) is 11.6 Å². The van der Waals surface area contributed by atoms with Gasteiger partial charge in [-0.15, -0.1) is 0 Å². The molecule has 0 fully saturated rings. The second-order valence-corrected chi connectivity index (χ2v) is 4.86. The van der Waals surface area contributed by atoms with Crippen molar-refractivity contribution in [3.05, 3.63) is 53.9 Å². The lowest BCUT2D eigenvalue weighted by Gasteiger charge is -2.13. The van der Waals surface area contributed by atoms with Crippen molar-refractivity contribution in [2.24, 2.45) is 7.05 Å². The molecule has 0 amide bonds. The number of benzene rings is 1. The first-order valence-corrected chi connectivity index (χ1v) is 6.62. The number of nitrogens with zero attached hydrogens (tertiary/aromatic N) is 1. The third-order valence-corrected chi connectivity index (χ3v) is 2.94. The molecule has 1 atom stereocenters. The number of ether oxygens (including phenoxy) is 1. The predicted molar refractivity (Wildman–Crippen MR) is 75.0 cm³/mol. The summed E-state index contributed by atoms with van der Waals surface area (Å²) in [5.74, 6) is -1.70. The maximum absolute atomic E-state index is 13.0. The Morgan fingerprint density at radius 2 is 2.10 bits per heavy atom. The molecule has 1 aromatic carbocycles. The maximum Gasteiger partial charge on any atom is 0.162 e. The lowest BCUT2D eigenvalue weighted by Crippen LogP contribution is -2.31. The molecule has 4 nitrogen and oxygen atoms in total. The quantitative estimate of drug-likeness (QED) is 0.819. The van der Waals surface area contributed by atoms with E-state index in [1.54, 1.807) is 0 Å². The summed E-state index contributed by atoms with van der Waals surface area (Å²) in [6.45, 7) is 0.995. The summed E-state index contributed by atoms with van der Waals surface area (Å²) >= 11 is 0. The van der Waals surface area contributed by atoms with Crippen LogP contribution in [0.15, 0.2) is 36.7 Å². The van der Waals surface area contributed by atoms with Crippen LogP contribution in [0.1, 0.15) is 5.56 Å². The average Bonchev–Trinajstić information content (AvgIpc) is 2.86. The molecule has 0 radical (unpaired) electrons. The Morgan fingerprint density at radius 3 is 2.76 bits per heavy atom. The van der Waals surface area contributed by atoms with Crippen LogP contribution in [0.25, 0.3) is 0 Å². The van der Waals surface area contributed by atoms with Crippen LogP contribution >= 0.6 is 0 Å². The van der Waals surface area contributed by atoms with Crippen LogP contribution in [0.3, 0.4) is 0 Å². The van der Waals surface area contributed by atoms with Gasteiger partial charge in [0.05, 0.1) is 0 Å². The van der Waals surface area contributed by atoms with E-state index in [9.17, 15) is 13.9 Å². The molecule has 6 heteroatoms. The van der Waals surface area contributed by atoms with Crippen LogP contribution in [-0.2, 0) is 13.6 Å². The van der Waals surface area contributed by atoms with Gasteiger partial charge in [0.2, 0.25) is 0 Å². The molecule has 1 unspecified atom stereocenters. The summed E-state index contributed by atoms with van der Waals surface area (Å²) in [5, 5.41) is 12.9. The molecule has 1 aromatic heterocycles. The summed E-state index contributed by atoms with van der Waals surface area (Å²) in [7, 11) is 1.94. The fourth-order valence-corrected chi connectivity index (χ4v) is 1.87. The topological polar surface area (TPSA) is 46.4 Å². The van der Waals surface area contributed by atoms with Gasteiger partial charge in [-0.2, -0.15) is 0 Å². The Hall–Kier alpha value is -1.92. The van der Waals surface area contributed by atoms with Gasteiger partial charge < -0.3 is 19.7 Å². The number of hydrogen-bond donors (Lipinski definition) is 2. The molecule has 2 rings (SSSR count). The van der Waals surface area contributed by atoms with Crippen molar-refractivity contribution in [1.29, 1.82) is 0 Å². The Labute approximate surface area is 122 Å². The molecule has 2 N–H and O–H groups in total. The SMILES string of the molecule is Cn1ccc(CNCC(O)COc2ccc(F)c(F)c2)c1. The van der Waals surface area contributed by atoms with Crippen molar-refractivity contribution in [3.63, 3.8) is 0 Å². The van der Waals surface area contributed by atoms with Gasteiger partial charge in [-0.3, -0.25) is 0 Å². The molecule has 0 aliphatic rings. The Morgan fingerprint density at radius 1 is 1.29 bits per heavy atom. The normalized spacial score (nSPS) is 12.4. The fourth-order valence-electron chi connectivity index (χ4n) is 1.87. The number of halogens is 2. The number of aryl methyl sites for hydroxylation is 1. The van der Waals surface area contributed by atoms with Gasteiger partial charge in [-0.1, -0.05) is 0 Å². The third kappa shape index (κ3) is 4.84. The van der Waals surface area contributed by atoms with Gasteiger partial charge in [0.15, 0.2) is 11.6 Å². The largest absolute Gasteiger partial charge is 0.491 e. The molecule has 0 saturated heterocycles. The van der Waals surface area contributed by atoms with E-state index in [1.165, 1.54) is 6.07 Å². The van der Waals surface area contributed by atoms with Crippen LogP contribution in [0.4, 0.5) is 8.78 Å². The van der Waals surface area contributed by atoms with Crippen LogP contribution < -0.4 is 10.1 Å². The molecule has 21 heavy (non-hydrogen) atoms. The van der Waals surface area contributed by atoms with Crippen molar-refractivity contribution >= 4 is 0 Å². The molecule has 2 aromatic rings. The van der Waals surface area contributed by atoms with E-state index in [1.807, 2.05) is 30.1 Å². The summed E-state index contributed by atoms with van der Waals surface area (Å²) < 4.78 is 32.9. The number of aliphatic hydroxyl groups excluding tert-OH is 1. The van der Waals surface area contributed by atoms with E-state index in [4.69, 9.17) is 4.74 Å². The lowest BCUT2D eigenvalue weighted by atomic mass is 10.3. The molecule has 0 aliphatic carbocycles. The van der Waals surface area contributed by atoms with Crippen molar-refractivity contribution in [2.75, 3.05) is 13.2 Å². The van der Waals surface area contributed by atoms with Gasteiger partial charge >= 0.3 is 0 Å². The van der Waals surface area contributed by atoms with Gasteiger partial charge in [0.25, 0.3) is 0 Å². The highest BCUT2D eigenvalue weighted by Gasteiger charge is 2.07. The molecule has 0 aliphatic heterocycles. The smallest absolute Gasteiger partial charge is 0.162 e. The molecule has 114 valence electrons. The van der Waals surface area contributed by atoms with E-state index >= 15 is 0 Å². The van der Waals surface area contributed by atoms with Crippen molar-refractivity contribution in [2.45, 2.75) is 12.6 Å². The number of aromatic nitrogens is 1. The highest BCUT2D eigenvalue weighted by molar-refractivity contribution is 5.23. The number of nitrogens with one attached hydrogen (secondary N) is 1. The average molecular weight is 296 g/mol. The first-order chi connectivity index (χ1) is 10.0. The summed E-state index contributed by atoms with van der Waals surface area (Å²) in [5.41, 5.74) is 1.12. The minimum absolute atomic E-state index is 0.00681. The minimum Gasteiger partial charge on any atom is -0.491 e. The molecule has 0 spiro atoms. The molecular formula is C15H18F2N2O2. The van der Waals surface area contributed by atoms with Crippen molar-refractivity contribution in [1.82, 2.24) is 9.88 Å². The lowest BCUT2D eigenvalue weighted by molar-refractivity contribution is 0.106. The first-order valence-electron chi connectivity index (χ1n) is 6.62. The Kier molecular flexibility index (Phi) is 5.30. The van der Waals surface area contributed by atoms with Crippen LogP contribution in [0.2, 0.25) is 0 Å². The predicted octanol–water partition coefficient (Wildman–Crippen LogP) is 1.83. The zero-order valence-corrected chi connectivity index (χ0v) is 11.7. The number of aliphatic hydroxyl groups is 1. The van der Waals surface area contributed by atoms with Crippen LogP contribution in [-0.4, -0.2) is 28.9 Å². The van der Waals surface area contributed by atoms with E-state index < -0.39 is 17.7 Å². The standard InChI is InChI=1S/C15H18F2N2O2/c1-19-5-4-11(9-19)7-18-8-12(20)10-21-13-2-3-14(16)15(17)6-13/h2-6,9,12,18,20H,7-8,10H2,1H3. The summed E-state index contributed by atoms with van der Waals surface area (Å²) in [6.07, 6.45) is 3.19. The Balaban J connectivity index is 1.69. The van der Waals surface area contributed by atoms with Gasteiger partial charge in [0.1, 0.15) is 18.5 Å². The summed E-state index contributed by atoms with van der Waals surface area (Å²) in [6, 6.07) is 5.25. The molecule has 0 saturated carbocycles. The monoisotopic (exact) mass is 296 g/mol. The molecular weight excluding hydrogens is 278 g/mol. The second kappa shape index (κ2) is 7.19. The molecule has 1 heterocycles. The number of rotatable bonds is 7. The first kappa shape index (κ1) is 15.5. The highest BCUT2D eigenvalue weighted by atomic mass is 19.2. The van der Waals surface area contributed by atoms with E-state index in [2.05, 4.69) is 5.32 Å². The van der Waals surface area contributed by atoms with E-state index in [0.29, 0.717) is 13.1 Å². The van der Waals surface area contributed by atoms with Crippen molar-refractivity contribution in [3.8, 4) is 5.75 Å². The van der Waals surface area contributed by atoms with Crippen LogP contribution in [0.5, 0.6) is 5.75 Å². The zero-order valence-electron chi connectivity index (χ0n) is 11.7. The van der Waals surface area contributed by atoms with Gasteiger partial charge in [0, 0.05) is 38.6 Å². The zero-order chi connectivity index (χ0) is 15.2. The molecule has 0 bridgehead atoms. The fraction of sp³-hybridized carbons (Fsp3) is 0.333. The third-order valence-electron chi connectivity index (χ3n) is 2.94.